The molecule has 0 saturated carbocycles. The summed E-state index contributed by atoms with van der Waals surface area (Å²) in [7, 11) is 0. The Morgan fingerprint density at radius 3 is 2.43 bits per heavy atom. The molecule has 0 fully saturated rings. The SMILES string of the molecule is O=C1C=C/C(=C(\Br)c2ccccc2)S1. The minimum atomic E-state index is 0.0906. The van der Waals surface area contributed by atoms with Gasteiger partial charge in [0.1, 0.15) is 0 Å². The third kappa shape index (κ3) is 1.99. The standard InChI is InChI=1S/C11H7BrOS/c12-11(8-4-2-1-3-5-8)9-6-7-10(13)14-9/h1-7H/b11-9+. The van der Waals surface area contributed by atoms with Gasteiger partial charge in [0.05, 0.1) is 0 Å². The van der Waals surface area contributed by atoms with E-state index in [2.05, 4.69) is 15.9 Å². The van der Waals surface area contributed by atoms with E-state index in [9.17, 15) is 4.79 Å². The molecule has 0 bridgehead atoms. The topological polar surface area (TPSA) is 17.1 Å². The molecular formula is C11H7BrOS. The zero-order valence-corrected chi connectivity index (χ0v) is 9.64. The molecule has 0 aromatic heterocycles. The van der Waals surface area contributed by atoms with Crippen LogP contribution in [0.5, 0.6) is 0 Å². The molecule has 1 aliphatic rings. The van der Waals surface area contributed by atoms with E-state index in [1.165, 1.54) is 11.8 Å². The monoisotopic (exact) mass is 266 g/mol. The fourth-order valence-corrected chi connectivity index (χ4v) is 2.50. The number of thioether (sulfide) groups is 1. The van der Waals surface area contributed by atoms with Gasteiger partial charge in [0.15, 0.2) is 0 Å². The first kappa shape index (κ1) is 9.74. The van der Waals surface area contributed by atoms with E-state index >= 15 is 0 Å². The van der Waals surface area contributed by atoms with Gasteiger partial charge in [-0.25, -0.2) is 0 Å². The molecular weight excluding hydrogens is 260 g/mol. The highest BCUT2D eigenvalue weighted by Gasteiger charge is 2.13. The van der Waals surface area contributed by atoms with E-state index in [0.717, 1.165) is 15.0 Å². The number of halogens is 1. The third-order valence-corrected chi connectivity index (χ3v) is 3.87. The number of rotatable bonds is 1. The molecule has 0 saturated heterocycles. The summed E-state index contributed by atoms with van der Waals surface area (Å²) in [6.07, 6.45) is 3.42. The lowest BCUT2D eigenvalue weighted by molar-refractivity contribution is -0.106. The van der Waals surface area contributed by atoms with Crippen molar-refractivity contribution < 1.29 is 4.79 Å². The molecule has 0 radical (unpaired) electrons. The molecule has 0 spiro atoms. The van der Waals surface area contributed by atoms with Gasteiger partial charge in [-0.3, -0.25) is 4.79 Å². The van der Waals surface area contributed by atoms with Crippen LogP contribution in [0, 0.1) is 0 Å². The molecule has 0 amide bonds. The Morgan fingerprint density at radius 1 is 1.14 bits per heavy atom. The van der Waals surface area contributed by atoms with Crippen molar-refractivity contribution in [2.45, 2.75) is 0 Å². The first-order chi connectivity index (χ1) is 6.77. The summed E-state index contributed by atoms with van der Waals surface area (Å²) >= 11 is 4.75. The van der Waals surface area contributed by atoms with Crippen LogP contribution in [0.25, 0.3) is 4.48 Å². The van der Waals surface area contributed by atoms with Gasteiger partial charge in [-0.1, -0.05) is 30.3 Å². The zero-order chi connectivity index (χ0) is 9.97. The number of benzene rings is 1. The molecule has 0 aliphatic carbocycles. The minimum Gasteiger partial charge on any atom is -0.282 e. The summed E-state index contributed by atoms with van der Waals surface area (Å²) in [4.78, 5) is 12.0. The van der Waals surface area contributed by atoms with Gasteiger partial charge in [-0.2, -0.15) is 0 Å². The largest absolute Gasteiger partial charge is 0.282 e. The maximum atomic E-state index is 11.0. The zero-order valence-electron chi connectivity index (χ0n) is 7.24. The van der Waals surface area contributed by atoms with Gasteiger partial charge in [-0.15, -0.1) is 0 Å². The lowest BCUT2D eigenvalue weighted by atomic mass is 10.2. The lowest BCUT2D eigenvalue weighted by Gasteiger charge is -2.01. The first-order valence-electron chi connectivity index (χ1n) is 4.12. The second-order valence-corrected chi connectivity index (χ2v) is 4.64. The van der Waals surface area contributed by atoms with Crippen LogP contribution in [0.1, 0.15) is 5.56 Å². The second-order valence-electron chi connectivity index (χ2n) is 2.80. The fourth-order valence-electron chi connectivity index (χ4n) is 1.16. The lowest BCUT2D eigenvalue weighted by Crippen LogP contribution is -1.79. The Bertz CT molecular complexity index is 420. The highest BCUT2D eigenvalue weighted by molar-refractivity contribution is 9.15. The van der Waals surface area contributed by atoms with Crippen molar-refractivity contribution in [3.63, 3.8) is 0 Å². The molecule has 1 heterocycles. The van der Waals surface area contributed by atoms with E-state index in [4.69, 9.17) is 0 Å². The maximum absolute atomic E-state index is 11.0. The van der Waals surface area contributed by atoms with E-state index < -0.39 is 0 Å². The van der Waals surface area contributed by atoms with Crippen molar-refractivity contribution in [3.05, 3.63) is 53.0 Å². The summed E-state index contributed by atoms with van der Waals surface area (Å²) in [6, 6.07) is 9.93. The summed E-state index contributed by atoms with van der Waals surface area (Å²) < 4.78 is 0.977. The minimum absolute atomic E-state index is 0.0906. The maximum Gasteiger partial charge on any atom is 0.216 e. The Morgan fingerprint density at radius 2 is 1.86 bits per heavy atom. The van der Waals surface area contributed by atoms with Crippen LogP contribution in [0.4, 0.5) is 0 Å². The Balaban J connectivity index is 2.37. The molecule has 0 unspecified atom stereocenters. The van der Waals surface area contributed by atoms with E-state index in [0.29, 0.717) is 0 Å². The molecule has 2 rings (SSSR count). The van der Waals surface area contributed by atoms with Crippen molar-refractivity contribution in [2.24, 2.45) is 0 Å². The highest BCUT2D eigenvalue weighted by Crippen LogP contribution is 2.36. The number of carbonyl (C=O) groups is 1. The molecule has 0 N–H and O–H groups in total. The normalized spacial score (nSPS) is 18.8. The quantitative estimate of drug-likeness (QED) is 0.773. The van der Waals surface area contributed by atoms with Gasteiger partial charge in [0.25, 0.3) is 0 Å². The average Bonchev–Trinajstić information content (AvgIpc) is 2.65. The van der Waals surface area contributed by atoms with E-state index in [1.54, 1.807) is 6.08 Å². The first-order valence-corrected chi connectivity index (χ1v) is 5.73. The van der Waals surface area contributed by atoms with Crippen LogP contribution in [0.2, 0.25) is 0 Å². The number of carbonyl (C=O) groups excluding carboxylic acids is 1. The molecule has 1 aromatic carbocycles. The van der Waals surface area contributed by atoms with Crippen molar-refractivity contribution in [1.29, 1.82) is 0 Å². The molecule has 1 aromatic rings. The molecule has 70 valence electrons. The summed E-state index contributed by atoms with van der Waals surface area (Å²) in [6.45, 7) is 0. The molecule has 1 nitrogen and oxygen atoms in total. The molecule has 14 heavy (non-hydrogen) atoms. The smallest absolute Gasteiger partial charge is 0.216 e. The van der Waals surface area contributed by atoms with Crippen LogP contribution in [0.3, 0.4) is 0 Å². The summed E-state index contributed by atoms with van der Waals surface area (Å²) in [5.41, 5.74) is 1.09. The molecule has 0 atom stereocenters. The van der Waals surface area contributed by atoms with Crippen LogP contribution < -0.4 is 0 Å². The van der Waals surface area contributed by atoms with E-state index in [1.807, 2.05) is 36.4 Å². The Kier molecular flexibility index (Phi) is 2.89. The Labute approximate surface area is 95.0 Å². The van der Waals surface area contributed by atoms with Crippen LogP contribution in [-0.2, 0) is 4.79 Å². The van der Waals surface area contributed by atoms with Gasteiger partial charge in [-0.05, 0) is 45.4 Å². The van der Waals surface area contributed by atoms with Gasteiger partial charge in [0, 0.05) is 9.39 Å². The number of allylic oxidation sites excluding steroid dienone is 1. The number of hydrogen-bond donors (Lipinski definition) is 0. The van der Waals surface area contributed by atoms with Crippen LogP contribution >= 0.6 is 27.7 Å². The van der Waals surface area contributed by atoms with Gasteiger partial charge >= 0.3 is 0 Å². The van der Waals surface area contributed by atoms with Crippen molar-refractivity contribution in [3.8, 4) is 0 Å². The van der Waals surface area contributed by atoms with Gasteiger partial charge in [0.2, 0.25) is 5.12 Å². The summed E-state index contributed by atoms with van der Waals surface area (Å²) in [5.74, 6) is 0. The predicted molar refractivity (Wildman–Crippen MR) is 64.0 cm³/mol. The summed E-state index contributed by atoms with van der Waals surface area (Å²) in [5, 5.41) is 0.0906. The molecule has 3 heteroatoms. The predicted octanol–water partition coefficient (Wildman–Crippen LogP) is 3.58. The van der Waals surface area contributed by atoms with E-state index in [-0.39, 0.29) is 5.12 Å². The number of hydrogen-bond acceptors (Lipinski definition) is 2. The van der Waals surface area contributed by atoms with Crippen LogP contribution in [0.15, 0.2) is 47.4 Å². The second kappa shape index (κ2) is 4.15. The molecule has 1 aliphatic heterocycles. The average molecular weight is 267 g/mol. The Hall–Kier alpha value is -0.800. The van der Waals surface area contributed by atoms with Crippen LogP contribution in [-0.4, -0.2) is 5.12 Å². The highest BCUT2D eigenvalue weighted by atomic mass is 79.9. The van der Waals surface area contributed by atoms with Crippen molar-refractivity contribution in [2.75, 3.05) is 0 Å². The van der Waals surface area contributed by atoms with Crippen molar-refractivity contribution >= 4 is 37.3 Å². The van der Waals surface area contributed by atoms with Crippen molar-refractivity contribution in [1.82, 2.24) is 0 Å². The van der Waals surface area contributed by atoms with Gasteiger partial charge < -0.3 is 0 Å². The fraction of sp³-hybridized carbons (Fsp3) is 0. The third-order valence-electron chi connectivity index (χ3n) is 1.82.